The van der Waals surface area contributed by atoms with E-state index in [0.29, 0.717) is 16.4 Å². The molecule has 2 N–H and O–H groups in total. The zero-order valence-electron chi connectivity index (χ0n) is 17.9. The molecule has 1 aliphatic heterocycles. The molecule has 0 fully saturated rings. The number of ether oxygens (including phenoxy) is 1. The zero-order chi connectivity index (χ0) is 24.4. The molecule has 0 radical (unpaired) electrons. The number of nitrogens with one attached hydrogen (secondary N) is 2. The first-order chi connectivity index (χ1) is 16.3. The van der Waals surface area contributed by atoms with Gasteiger partial charge in [0.05, 0.1) is 24.1 Å². The summed E-state index contributed by atoms with van der Waals surface area (Å²) in [4.78, 5) is 55.3. The highest BCUT2D eigenvalue weighted by Crippen LogP contribution is 2.32. The van der Waals surface area contributed by atoms with E-state index in [1.54, 1.807) is 36.4 Å². The van der Waals surface area contributed by atoms with Gasteiger partial charge < -0.3 is 10.1 Å². The smallest absolute Gasteiger partial charge is 0.339 e. The lowest BCUT2D eigenvalue weighted by molar-refractivity contribution is -0.120. The number of esters is 1. The summed E-state index contributed by atoms with van der Waals surface area (Å²) in [5, 5.41) is 7.53. The number of hydrogen-bond acceptors (Lipinski definition) is 8. The maximum atomic E-state index is 13.1. The Morgan fingerprint density at radius 2 is 1.76 bits per heavy atom. The summed E-state index contributed by atoms with van der Waals surface area (Å²) >= 11 is 7.50. The van der Waals surface area contributed by atoms with Crippen molar-refractivity contribution in [2.75, 3.05) is 22.6 Å². The predicted molar refractivity (Wildman–Crippen MR) is 128 cm³/mol. The number of carbonyl (C=O) groups excluding carboxylic acids is 4. The Morgan fingerprint density at radius 1 is 1.06 bits per heavy atom. The average Bonchev–Trinajstić information content (AvgIpc) is 3.34. The van der Waals surface area contributed by atoms with Crippen LogP contribution in [0.2, 0.25) is 0 Å². The van der Waals surface area contributed by atoms with Gasteiger partial charge in [0.15, 0.2) is 5.13 Å². The molecule has 1 aliphatic rings. The number of anilines is 3. The molecule has 0 saturated carbocycles. The van der Waals surface area contributed by atoms with Crippen molar-refractivity contribution in [3.63, 3.8) is 0 Å². The SMILES string of the molecule is COC(=O)c1ccccc1N1C(=O)C(Cl)=C(Nc2ccc(C(=O)Nc3nc(C)cs3)cc2)C1=O. The molecule has 0 unspecified atom stereocenters. The fourth-order valence-corrected chi connectivity index (χ4v) is 4.11. The minimum atomic E-state index is -0.778. The molecule has 11 heteroatoms. The molecule has 9 nitrogen and oxygen atoms in total. The van der Waals surface area contributed by atoms with Gasteiger partial charge in [0.2, 0.25) is 0 Å². The van der Waals surface area contributed by atoms with Gasteiger partial charge in [0.25, 0.3) is 17.7 Å². The van der Waals surface area contributed by atoms with Gasteiger partial charge in [-0.1, -0.05) is 23.7 Å². The van der Waals surface area contributed by atoms with E-state index in [1.165, 1.54) is 30.6 Å². The van der Waals surface area contributed by atoms with Crippen molar-refractivity contribution in [1.29, 1.82) is 0 Å². The van der Waals surface area contributed by atoms with E-state index in [-0.39, 0.29) is 27.9 Å². The maximum Gasteiger partial charge on any atom is 0.339 e. The summed E-state index contributed by atoms with van der Waals surface area (Å²) in [5.41, 5.74) is 1.57. The molecular formula is C23H17ClN4O5S. The lowest BCUT2D eigenvalue weighted by Gasteiger charge is -2.17. The molecular weight excluding hydrogens is 480 g/mol. The second kappa shape index (κ2) is 9.46. The van der Waals surface area contributed by atoms with Crippen LogP contribution in [0.4, 0.5) is 16.5 Å². The molecule has 1 aromatic heterocycles. The van der Waals surface area contributed by atoms with Crippen molar-refractivity contribution in [2.45, 2.75) is 6.92 Å². The summed E-state index contributed by atoms with van der Waals surface area (Å²) in [6.45, 7) is 1.83. The minimum Gasteiger partial charge on any atom is -0.465 e. The number of halogens is 1. The second-order valence-corrected chi connectivity index (χ2v) is 8.33. The topological polar surface area (TPSA) is 118 Å². The van der Waals surface area contributed by atoms with Crippen molar-refractivity contribution in [3.8, 4) is 0 Å². The summed E-state index contributed by atoms with van der Waals surface area (Å²) in [7, 11) is 1.20. The third-order valence-corrected chi connectivity index (χ3v) is 6.06. The van der Waals surface area contributed by atoms with E-state index >= 15 is 0 Å². The molecule has 0 atom stereocenters. The van der Waals surface area contributed by atoms with Crippen molar-refractivity contribution in [2.24, 2.45) is 0 Å². The maximum absolute atomic E-state index is 13.1. The van der Waals surface area contributed by atoms with Crippen LogP contribution < -0.4 is 15.5 Å². The summed E-state index contributed by atoms with van der Waals surface area (Å²) in [6.07, 6.45) is 0. The number of amides is 3. The van der Waals surface area contributed by atoms with Gasteiger partial charge in [-0.15, -0.1) is 11.3 Å². The van der Waals surface area contributed by atoms with E-state index in [2.05, 4.69) is 15.6 Å². The van der Waals surface area contributed by atoms with Crippen LogP contribution in [0.5, 0.6) is 0 Å². The number of carbonyl (C=O) groups is 4. The summed E-state index contributed by atoms with van der Waals surface area (Å²) in [5.74, 6) is -2.54. The third-order valence-electron chi connectivity index (χ3n) is 4.83. The summed E-state index contributed by atoms with van der Waals surface area (Å²) in [6, 6.07) is 12.3. The highest BCUT2D eigenvalue weighted by atomic mass is 35.5. The molecule has 0 spiro atoms. The number of thiazole rings is 1. The molecule has 0 saturated heterocycles. The predicted octanol–water partition coefficient (Wildman–Crippen LogP) is 3.93. The number of hydrogen-bond donors (Lipinski definition) is 2. The number of para-hydroxylation sites is 1. The van der Waals surface area contributed by atoms with Crippen LogP contribution in [0.3, 0.4) is 0 Å². The molecule has 172 valence electrons. The molecule has 0 bridgehead atoms. The first kappa shape index (κ1) is 23.1. The van der Waals surface area contributed by atoms with Crippen LogP contribution in [-0.4, -0.2) is 35.8 Å². The van der Waals surface area contributed by atoms with E-state index < -0.39 is 17.8 Å². The van der Waals surface area contributed by atoms with E-state index in [0.717, 1.165) is 10.6 Å². The van der Waals surface area contributed by atoms with Gasteiger partial charge in [-0.2, -0.15) is 0 Å². The van der Waals surface area contributed by atoms with Crippen molar-refractivity contribution >= 4 is 63.1 Å². The number of benzene rings is 2. The van der Waals surface area contributed by atoms with Crippen LogP contribution in [0.25, 0.3) is 0 Å². The Hall–Kier alpha value is -4.02. The number of rotatable bonds is 6. The first-order valence-corrected chi connectivity index (χ1v) is 11.1. The fourth-order valence-electron chi connectivity index (χ4n) is 3.21. The van der Waals surface area contributed by atoms with E-state index in [1.807, 2.05) is 12.3 Å². The largest absolute Gasteiger partial charge is 0.465 e. The third kappa shape index (κ3) is 4.41. The zero-order valence-corrected chi connectivity index (χ0v) is 19.5. The van der Waals surface area contributed by atoms with Gasteiger partial charge in [0, 0.05) is 16.6 Å². The lowest BCUT2D eigenvalue weighted by Crippen LogP contribution is -2.33. The van der Waals surface area contributed by atoms with Crippen LogP contribution in [0.1, 0.15) is 26.4 Å². The minimum absolute atomic E-state index is 0.0446. The average molecular weight is 497 g/mol. The van der Waals surface area contributed by atoms with Crippen molar-refractivity contribution in [1.82, 2.24) is 4.98 Å². The van der Waals surface area contributed by atoms with Gasteiger partial charge in [-0.05, 0) is 43.3 Å². The fraction of sp³-hybridized carbons (Fsp3) is 0.0870. The van der Waals surface area contributed by atoms with E-state index in [4.69, 9.17) is 16.3 Å². The van der Waals surface area contributed by atoms with Crippen LogP contribution in [0.15, 0.2) is 64.6 Å². The number of methoxy groups -OCH3 is 1. The van der Waals surface area contributed by atoms with E-state index in [9.17, 15) is 19.2 Å². The Morgan fingerprint density at radius 3 is 2.41 bits per heavy atom. The molecule has 2 heterocycles. The van der Waals surface area contributed by atoms with Crippen LogP contribution in [0, 0.1) is 6.92 Å². The Balaban J connectivity index is 1.52. The molecule has 4 rings (SSSR count). The highest BCUT2D eigenvalue weighted by molar-refractivity contribution is 7.13. The van der Waals surface area contributed by atoms with Gasteiger partial charge >= 0.3 is 5.97 Å². The quantitative estimate of drug-likeness (QED) is 0.392. The number of aromatic nitrogens is 1. The molecule has 3 amide bonds. The number of nitrogens with zero attached hydrogens (tertiary/aromatic N) is 2. The molecule has 3 aromatic rings. The highest BCUT2D eigenvalue weighted by Gasteiger charge is 2.40. The monoisotopic (exact) mass is 496 g/mol. The van der Waals surface area contributed by atoms with Gasteiger partial charge in [0.1, 0.15) is 10.7 Å². The van der Waals surface area contributed by atoms with Gasteiger partial charge in [-0.3, -0.25) is 19.7 Å². The van der Waals surface area contributed by atoms with Gasteiger partial charge in [-0.25, -0.2) is 14.7 Å². The normalized spacial score (nSPS) is 13.3. The number of imide groups is 1. The second-order valence-electron chi connectivity index (χ2n) is 7.09. The molecule has 34 heavy (non-hydrogen) atoms. The Bertz CT molecular complexity index is 1350. The number of aryl methyl sites for hydroxylation is 1. The molecule has 0 aliphatic carbocycles. The van der Waals surface area contributed by atoms with Crippen LogP contribution >= 0.6 is 22.9 Å². The Kier molecular flexibility index (Phi) is 6.44. The Labute approximate surface area is 203 Å². The summed E-state index contributed by atoms with van der Waals surface area (Å²) < 4.78 is 4.74. The first-order valence-electron chi connectivity index (χ1n) is 9.86. The van der Waals surface area contributed by atoms with Crippen molar-refractivity contribution < 1.29 is 23.9 Å². The van der Waals surface area contributed by atoms with Crippen LogP contribution in [-0.2, 0) is 14.3 Å². The molecule has 2 aromatic carbocycles. The standard InChI is InChI=1S/C23H17ClN4O5S/c1-12-11-34-23(25-12)27-19(29)13-7-9-14(10-8-13)26-18-17(24)20(30)28(21(18)31)16-6-4-3-5-15(16)22(32)33-2/h3-11,26H,1-2H3,(H,25,27,29). The van der Waals surface area contributed by atoms with Crippen molar-refractivity contribution in [3.05, 3.63) is 81.5 Å². The lowest BCUT2D eigenvalue weighted by atomic mass is 10.1.